The minimum absolute atomic E-state index is 0.0884. The molecule has 2 aromatic heterocycles. The Morgan fingerprint density at radius 2 is 1.50 bits per heavy atom. The fourth-order valence-electron chi connectivity index (χ4n) is 4.62. The zero-order valence-corrected chi connectivity index (χ0v) is 21.1. The molecule has 0 saturated carbocycles. The van der Waals surface area contributed by atoms with Gasteiger partial charge in [-0.3, -0.25) is 9.59 Å². The summed E-state index contributed by atoms with van der Waals surface area (Å²) in [4.78, 5) is 29.7. The standard InChI is InChI=1S/C30H24ClN3O4/c31-24-7-3-2-6-23(24)26-13-14-27(38-26)29(35)32-21-9-11-22(12-10-21)33-15-17-34(18-16-33)30(36)28-19-20-5-1-4-8-25(20)37-28/h1-14,19H,15-18H2,(H,32,35). The van der Waals surface area contributed by atoms with Crippen LogP contribution in [0.4, 0.5) is 11.4 Å². The van der Waals surface area contributed by atoms with Crippen LogP contribution in [0, 0.1) is 0 Å². The summed E-state index contributed by atoms with van der Waals surface area (Å²) in [5.41, 5.74) is 3.14. The van der Waals surface area contributed by atoms with Crippen molar-refractivity contribution < 1.29 is 18.4 Å². The Bertz CT molecular complexity index is 1580. The number of benzene rings is 3. The molecular formula is C30H24ClN3O4. The summed E-state index contributed by atoms with van der Waals surface area (Å²) in [5.74, 6) is 0.682. The number of nitrogens with one attached hydrogen (secondary N) is 1. The first-order valence-corrected chi connectivity index (χ1v) is 12.7. The van der Waals surface area contributed by atoms with Gasteiger partial charge < -0.3 is 24.0 Å². The van der Waals surface area contributed by atoms with Gasteiger partial charge in [-0.05, 0) is 60.7 Å². The van der Waals surface area contributed by atoms with E-state index in [-0.39, 0.29) is 17.6 Å². The second-order valence-electron chi connectivity index (χ2n) is 9.07. The number of nitrogens with zero attached hydrogens (tertiary/aromatic N) is 2. The van der Waals surface area contributed by atoms with Crippen LogP contribution < -0.4 is 10.2 Å². The number of fused-ring (bicyclic) bond motifs is 1. The highest BCUT2D eigenvalue weighted by atomic mass is 35.5. The van der Waals surface area contributed by atoms with Crippen molar-refractivity contribution in [3.63, 3.8) is 0 Å². The second-order valence-corrected chi connectivity index (χ2v) is 9.48. The van der Waals surface area contributed by atoms with Crippen LogP contribution in [0.5, 0.6) is 0 Å². The number of amides is 2. The first-order chi connectivity index (χ1) is 18.5. The van der Waals surface area contributed by atoms with Crippen LogP contribution in [-0.4, -0.2) is 42.9 Å². The fourth-order valence-corrected chi connectivity index (χ4v) is 4.85. The van der Waals surface area contributed by atoms with Crippen LogP contribution in [0.25, 0.3) is 22.3 Å². The van der Waals surface area contributed by atoms with E-state index in [0.29, 0.717) is 48.4 Å². The molecule has 1 fully saturated rings. The van der Waals surface area contributed by atoms with Crippen molar-refractivity contribution in [3.05, 3.63) is 108 Å². The van der Waals surface area contributed by atoms with Crippen LogP contribution >= 0.6 is 11.6 Å². The van der Waals surface area contributed by atoms with Crippen molar-refractivity contribution in [1.82, 2.24) is 4.90 Å². The van der Waals surface area contributed by atoms with Crippen LogP contribution in [0.2, 0.25) is 5.02 Å². The van der Waals surface area contributed by atoms with Gasteiger partial charge in [-0.2, -0.15) is 0 Å². The van der Waals surface area contributed by atoms with Gasteiger partial charge in [-0.15, -0.1) is 0 Å². The van der Waals surface area contributed by atoms with E-state index in [9.17, 15) is 9.59 Å². The first-order valence-electron chi connectivity index (χ1n) is 12.3. The van der Waals surface area contributed by atoms with E-state index in [1.165, 1.54) is 0 Å². The predicted molar refractivity (Wildman–Crippen MR) is 148 cm³/mol. The summed E-state index contributed by atoms with van der Waals surface area (Å²) in [6.45, 7) is 2.60. The minimum Gasteiger partial charge on any atom is -0.451 e. The molecule has 1 N–H and O–H groups in total. The third kappa shape index (κ3) is 4.76. The molecule has 3 aromatic carbocycles. The Morgan fingerprint density at radius 1 is 0.763 bits per heavy atom. The van der Waals surface area contributed by atoms with E-state index in [0.717, 1.165) is 22.2 Å². The van der Waals surface area contributed by atoms with E-state index >= 15 is 0 Å². The highest BCUT2D eigenvalue weighted by Gasteiger charge is 2.25. The maximum atomic E-state index is 12.9. The molecule has 190 valence electrons. The Balaban J connectivity index is 1.05. The molecule has 7 nitrogen and oxygen atoms in total. The third-order valence-corrected chi connectivity index (χ3v) is 6.99. The molecule has 0 unspecified atom stereocenters. The van der Waals surface area contributed by atoms with Gasteiger partial charge in [0.15, 0.2) is 11.5 Å². The second kappa shape index (κ2) is 10.1. The molecule has 0 atom stereocenters. The number of anilines is 2. The van der Waals surface area contributed by atoms with Crippen LogP contribution in [0.3, 0.4) is 0 Å². The van der Waals surface area contributed by atoms with Crippen LogP contribution in [0.15, 0.2) is 99.8 Å². The molecule has 2 amide bonds. The summed E-state index contributed by atoms with van der Waals surface area (Å²) >= 11 is 6.23. The number of furan rings is 2. The monoisotopic (exact) mass is 525 g/mol. The van der Waals surface area contributed by atoms with Crippen LogP contribution in [-0.2, 0) is 0 Å². The van der Waals surface area contributed by atoms with Gasteiger partial charge in [-0.1, -0.05) is 41.9 Å². The summed E-state index contributed by atoms with van der Waals surface area (Å²) < 4.78 is 11.5. The topological polar surface area (TPSA) is 78.9 Å². The fraction of sp³-hybridized carbons (Fsp3) is 0.133. The molecule has 1 aliphatic rings. The number of piperazine rings is 1. The van der Waals surface area contributed by atoms with Crippen molar-refractivity contribution in [2.45, 2.75) is 0 Å². The summed E-state index contributed by atoms with van der Waals surface area (Å²) in [7, 11) is 0. The molecule has 38 heavy (non-hydrogen) atoms. The number of para-hydroxylation sites is 1. The number of rotatable bonds is 5. The Hall–Kier alpha value is -4.49. The summed E-state index contributed by atoms with van der Waals surface area (Å²) in [6.07, 6.45) is 0. The molecule has 0 radical (unpaired) electrons. The molecule has 0 aliphatic carbocycles. The average molecular weight is 526 g/mol. The minimum atomic E-state index is -0.339. The maximum Gasteiger partial charge on any atom is 0.291 e. The molecule has 8 heteroatoms. The van der Waals surface area contributed by atoms with Gasteiger partial charge in [0.05, 0.1) is 5.02 Å². The SMILES string of the molecule is O=C(Nc1ccc(N2CCN(C(=O)c3cc4ccccc4o3)CC2)cc1)c1ccc(-c2ccccc2Cl)o1. The van der Waals surface area contributed by atoms with Crippen molar-refractivity contribution in [1.29, 1.82) is 0 Å². The van der Waals surface area contributed by atoms with E-state index in [2.05, 4.69) is 10.2 Å². The highest BCUT2D eigenvalue weighted by molar-refractivity contribution is 6.33. The molecule has 3 heterocycles. The van der Waals surface area contributed by atoms with Gasteiger partial charge in [0.25, 0.3) is 11.8 Å². The van der Waals surface area contributed by atoms with E-state index in [1.54, 1.807) is 24.3 Å². The lowest BCUT2D eigenvalue weighted by Crippen LogP contribution is -2.48. The number of carbonyl (C=O) groups excluding carboxylic acids is 2. The molecule has 0 spiro atoms. The first kappa shape index (κ1) is 23.9. The van der Waals surface area contributed by atoms with Crippen molar-refractivity contribution in [2.75, 3.05) is 36.4 Å². The smallest absolute Gasteiger partial charge is 0.291 e. The normalized spacial score (nSPS) is 13.6. The van der Waals surface area contributed by atoms with Crippen molar-refractivity contribution >= 4 is 45.8 Å². The lowest BCUT2D eigenvalue weighted by molar-refractivity contribution is 0.0717. The molecule has 1 saturated heterocycles. The van der Waals surface area contributed by atoms with Gasteiger partial charge in [0, 0.05) is 48.5 Å². The average Bonchev–Trinajstić information content (AvgIpc) is 3.61. The molecule has 5 aromatic rings. The molecule has 1 aliphatic heterocycles. The third-order valence-electron chi connectivity index (χ3n) is 6.66. The lowest BCUT2D eigenvalue weighted by Gasteiger charge is -2.35. The largest absolute Gasteiger partial charge is 0.451 e. The Labute approximate surface area is 224 Å². The number of halogens is 1. The lowest BCUT2D eigenvalue weighted by atomic mass is 10.2. The predicted octanol–water partition coefficient (Wildman–Crippen LogP) is 6.56. The molecular weight excluding hydrogens is 502 g/mol. The zero-order valence-electron chi connectivity index (χ0n) is 20.4. The quantitative estimate of drug-likeness (QED) is 0.281. The van der Waals surface area contributed by atoms with Gasteiger partial charge in [-0.25, -0.2) is 0 Å². The van der Waals surface area contributed by atoms with Gasteiger partial charge in [0.1, 0.15) is 11.3 Å². The van der Waals surface area contributed by atoms with Crippen molar-refractivity contribution in [3.8, 4) is 11.3 Å². The van der Waals surface area contributed by atoms with E-state index in [1.807, 2.05) is 71.6 Å². The summed E-state index contributed by atoms with van der Waals surface area (Å²) in [5, 5.41) is 4.36. The van der Waals surface area contributed by atoms with E-state index < -0.39 is 0 Å². The number of hydrogen-bond acceptors (Lipinski definition) is 5. The van der Waals surface area contributed by atoms with Gasteiger partial charge >= 0.3 is 0 Å². The van der Waals surface area contributed by atoms with Crippen molar-refractivity contribution in [2.24, 2.45) is 0 Å². The Kier molecular flexibility index (Phi) is 6.35. The molecule has 6 rings (SSSR count). The highest BCUT2D eigenvalue weighted by Crippen LogP contribution is 2.29. The maximum absolute atomic E-state index is 12.9. The summed E-state index contributed by atoms with van der Waals surface area (Å²) in [6, 6.07) is 27.8. The number of carbonyl (C=O) groups is 2. The number of hydrogen-bond donors (Lipinski definition) is 1. The van der Waals surface area contributed by atoms with Crippen LogP contribution in [0.1, 0.15) is 21.1 Å². The Morgan fingerprint density at radius 3 is 2.26 bits per heavy atom. The molecule has 0 bridgehead atoms. The van der Waals surface area contributed by atoms with E-state index in [4.69, 9.17) is 20.4 Å². The van der Waals surface area contributed by atoms with Gasteiger partial charge in [0.2, 0.25) is 0 Å². The zero-order chi connectivity index (χ0) is 26.1.